The average Bonchev–Trinajstić information content (AvgIpc) is 3.39. The number of anilines is 2. The van der Waals surface area contributed by atoms with E-state index in [1.807, 2.05) is 30.3 Å². The number of carbonyl (C=O) groups excluding carboxylic acids is 5. The predicted octanol–water partition coefficient (Wildman–Crippen LogP) is 9.11. The van der Waals surface area contributed by atoms with E-state index in [1.165, 1.54) is 92.7 Å². The Balaban J connectivity index is 0.000000240. The Morgan fingerprint density at radius 1 is 0.527 bits per heavy atom. The van der Waals surface area contributed by atoms with Gasteiger partial charge in [-0.15, -0.1) is 0 Å². The summed E-state index contributed by atoms with van der Waals surface area (Å²) in [4.78, 5) is 92.6. The number of unbranched alkanes of at least 4 members (excludes halogenated alkanes) is 1. The highest BCUT2D eigenvalue weighted by molar-refractivity contribution is 6.12. The summed E-state index contributed by atoms with van der Waals surface area (Å²) < 4.78 is 15.9. The number of Topliss-reactive ketones (excluding diaryl/α,β-unsaturated/α-hetero) is 3. The predicted molar refractivity (Wildman–Crippen MR) is 270 cm³/mol. The Labute approximate surface area is 425 Å². The van der Waals surface area contributed by atoms with E-state index in [1.54, 1.807) is 37.4 Å². The number of rotatable bonds is 20. The van der Waals surface area contributed by atoms with Crippen LogP contribution in [0, 0.1) is 22.7 Å². The number of ether oxygens (including phenoxy) is 3. The fourth-order valence-electron chi connectivity index (χ4n) is 6.80. The quantitative estimate of drug-likeness (QED) is 0.0445. The van der Waals surface area contributed by atoms with Crippen molar-refractivity contribution in [2.24, 2.45) is 0 Å². The molecule has 0 fully saturated rings. The number of hydrogen-bond donors (Lipinski definition) is 5. The van der Waals surface area contributed by atoms with E-state index in [-0.39, 0.29) is 93.0 Å². The molecule has 5 N–H and O–H groups in total. The third-order valence-corrected chi connectivity index (χ3v) is 10.4. The number of carboxylic acids is 3. The number of aryl methyl sites for hydroxylation is 1. The molecule has 6 aromatic carbocycles. The van der Waals surface area contributed by atoms with Crippen molar-refractivity contribution in [1.29, 1.82) is 10.5 Å². The number of nitriles is 2. The molecule has 18 nitrogen and oxygen atoms in total. The number of aromatic carboxylic acids is 3. The zero-order valence-electron chi connectivity index (χ0n) is 40.6. The molecule has 0 radical (unpaired) electrons. The van der Waals surface area contributed by atoms with Gasteiger partial charge in [0.2, 0.25) is 0 Å². The summed E-state index contributed by atoms with van der Waals surface area (Å²) in [6, 6.07) is 36.2. The first-order valence-electron chi connectivity index (χ1n) is 22.5. The van der Waals surface area contributed by atoms with Crippen molar-refractivity contribution >= 4 is 58.4 Å². The SMILES string of the molecule is CC(=O)COc1ccc(NC(=O)c2ccccc2C(=O)O)cc1C#N.CC(=O)COc1ccc(NC(=O)c2ccccc2C(=O)O)cc1C#N.CCCCc1ccc(CC(=O)c2ccccc2C(=O)O)cc1OC. The third-order valence-electron chi connectivity index (χ3n) is 10.4. The van der Waals surface area contributed by atoms with Gasteiger partial charge in [0, 0.05) is 23.4 Å². The maximum Gasteiger partial charge on any atom is 0.336 e. The number of hydrogen-bond acceptors (Lipinski definition) is 13. The second-order valence-corrected chi connectivity index (χ2v) is 15.9. The number of nitrogens with zero attached hydrogens (tertiary/aromatic N) is 2. The van der Waals surface area contributed by atoms with Gasteiger partial charge in [0.1, 0.15) is 42.6 Å². The highest BCUT2D eigenvalue weighted by atomic mass is 16.5. The van der Waals surface area contributed by atoms with Crippen molar-refractivity contribution in [3.05, 3.63) is 183 Å². The Morgan fingerprint density at radius 2 is 0.932 bits per heavy atom. The summed E-state index contributed by atoms with van der Waals surface area (Å²) in [6.07, 6.45) is 3.28. The third kappa shape index (κ3) is 16.6. The van der Waals surface area contributed by atoms with Gasteiger partial charge in [-0.3, -0.25) is 24.0 Å². The Hall–Kier alpha value is -9.94. The first-order valence-corrected chi connectivity index (χ1v) is 22.5. The standard InChI is InChI=1S/C20H22O4.2C18H14N2O5/c1-3-4-7-15-11-10-14(13-19(15)24-2)12-18(21)16-8-5-6-9-17(16)20(22)23;2*1-11(21)10-25-16-7-6-13(8-12(16)9-19)20-17(22)14-4-2-3-5-15(14)18(23)24/h5-6,8-11,13H,3-4,7,12H2,1-2H3,(H,22,23);2*2-8H,10H2,1H3,(H,20,22)(H,23,24). The molecule has 18 heteroatoms. The number of amides is 2. The normalized spacial score (nSPS) is 9.97. The smallest absolute Gasteiger partial charge is 0.336 e. The van der Waals surface area contributed by atoms with Gasteiger partial charge in [0.15, 0.2) is 17.3 Å². The van der Waals surface area contributed by atoms with E-state index < -0.39 is 29.7 Å². The molecule has 0 saturated heterocycles. The van der Waals surface area contributed by atoms with Crippen molar-refractivity contribution in [2.75, 3.05) is 31.0 Å². The number of benzene rings is 6. The Kier molecular flexibility index (Phi) is 21.5. The molecule has 0 unspecified atom stereocenters. The van der Waals surface area contributed by atoms with E-state index in [0.29, 0.717) is 11.4 Å². The van der Waals surface area contributed by atoms with Crippen LogP contribution in [0.15, 0.2) is 127 Å². The van der Waals surface area contributed by atoms with Crippen molar-refractivity contribution < 1.29 is 67.9 Å². The minimum atomic E-state index is -1.21. The average molecular weight is 1000 g/mol. The molecule has 0 bridgehead atoms. The summed E-state index contributed by atoms with van der Waals surface area (Å²) >= 11 is 0. The van der Waals surface area contributed by atoms with Crippen molar-refractivity contribution in [3.8, 4) is 29.4 Å². The lowest BCUT2D eigenvalue weighted by Gasteiger charge is -2.11. The lowest BCUT2D eigenvalue weighted by molar-refractivity contribution is -0.119. The summed E-state index contributed by atoms with van der Waals surface area (Å²) in [6.45, 7) is 4.54. The van der Waals surface area contributed by atoms with Crippen LogP contribution in [0.5, 0.6) is 17.2 Å². The summed E-state index contributed by atoms with van der Waals surface area (Å²) in [7, 11) is 1.62. The molecule has 0 heterocycles. The molecule has 2 amide bonds. The first-order chi connectivity index (χ1) is 35.4. The first kappa shape index (κ1) is 56.6. The van der Waals surface area contributed by atoms with Crippen LogP contribution in [-0.4, -0.2) is 82.7 Å². The molecule has 74 heavy (non-hydrogen) atoms. The number of nitrogens with one attached hydrogen (secondary N) is 2. The van der Waals surface area contributed by atoms with E-state index >= 15 is 0 Å². The topological polar surface area (TPSA) is 297 Å². The fourth-order valence-corrected chi connectivity index (χ4v) is 6.80. The van der Waals surface area contributed by atoms with Gasteiger partial charge < -0.3 is 40.2 Å². The molecule has 6 aromatic rings. The van der Waals surface area contributed by atoms with Crippen molar-refractivity contribution in [3.63, 3.8) is 0 Å². The van der Waals surface area contributed by atoms with Gasteiger partial charge in [-0.05, 0) is 111 Å². The minimum Gasteiger partial charge on any atom is -0.496 e. The van der Waals surface area contributed by atoms with Crippen LogP contribution in [0.3, 0.4) is 0 Å². The van der Waals surface area contributed by atoms with Crippen LogP contribution in [0.1, 0.15) is 118 Å². The zero-order chi connectivity index (χ0) is 54.3. The van der Waals surface area contributed by atoms with Crippen molar-refractivity contribution in [1.82, 2.24) is 0 Å². The Morgan fingerprint density at radius 3 is 1.31 bits per heavy atom. The number of ketones is 3. The molecular formula is C56H50N4O14. The van der Waals surface area contributed by atoms with Gasteiger partial charge >= 0.3 is 17.9 Å². The second-order valence-electron chi connectivity index (χ2n) is 15.9. The maximum absolute atomic E-state index is 12.5. The fraction of sp³-hybridized carbons (Fsp3) is 0.179. The molecule has 0 aliphatic carbocycles. The van der Waals surface area contributed by atoms with Crippen LogP contribution < -0.4 is 24.8 Å². The molecule has 0 aliphatic rings. The summed E-state index contributed by atoms with van der Waals surface area (Å²) in [5.74, 6) is -4.10. The van der Waals surface area contributed by atoms with Crippen LogP contribution in [0.2, 0.25) is 0 Å². The zero-order valence-corrected chi connectivity index (χ0v) is 40.6. The molecular weight excluding hydrogens is 953 g/mol. The molecule has 0 aliphatic heterocycles. The van der Waals surface area contributed by atoms with Gasteiger partial charge in [0.05, 0.1) is 46.1 Å². The molecule has 0 spiro atoms. The lowest BCUT2D eigenvalue weighted by atomic mass is 9.97. The molecule has 0 aromatic heterocycles. The number of methoxy groups -OCH3 is 1. The number of carboxylic acid groups (broad SMARTS) is 3. The summed E-state index contributed by atoms with van der Waals surface area (Å²) in [5.41, 5.74) is 2.87. The van der Waals surface area contributed by atoms with Crippen LogP contribution in [0.4, 0.5) is 11.4 Å². The summed E-state index contributed by atoms with van der Waals surface area (Å²) in [5, 5.41) is 50.9. The largest absolute Gasteiger partial charge is 0.496 e. The Bertz CT molecular complexity index is 3020. The molecule has 0 saturated carbocycles. The molecule has 378 valence electrons. The highest BCUT2D eigenvalue weighted by Gasteiger charge is 2.20. The van der Waals surface area contributed by atoms with E-state index in [9.17, 15) is 54.0 Å². The lowest BCUT2D eigenvalue weighted by Crippen LogP contribution is -2.16. The van der Waals surface area contributed by atoms with Crippen LogP contribution >= 0.6 is 0 Å². The monoisotopic (exact) mass is 1000 g/mol. The molecule has 6 rings (SSSR count). The second kappa shape index (κ2) is 28.0. The van der Waals surface area contributed by atoms with E-state index in [4.69, 9.17) is 24.4 Å². The number of carbonyl (C=O) groups is 8. The maximum atomic E-state index is 12.5. The molecule has 0 atom stereocenters. The van der Waals surface area contributed by atoms with Gasteiger partial charge in [0.25, 0.3) is 11.8 Å². The van der Waals surface area contributed by atoms with Gasteiger partial charge in [-0.25, -0.2) is 14.4 Å². The highest BCUT2D eigenvalue weighted by Crippen LogP contribution is 2.26. The minimum absolute atomic E-state index is 0.00501. The van der Waals surface area contributed by atoms with Crippen molar-refractivity contribution in [2.45, 2.75) is 46.5 Å². The van der Waals surface area contributed by atoms with Gasteiger partial charge in [-0.2, -0.15) is 10.5 Å². The van der Waals surface area contributed by atoms with Gasteiger partial charge in [-0.1, -0.05) is 67.9 Å². The van der Waals surface area contributed by atoms with E-state index in [2.05, 4.69) is 17.6 Å². The van der Waals surface area contributed by atoms with Crippen LogP contribution in [0.25, 0.3) is 0 Å². The van der Waals surface area contributed by atoms with Crippen LogP contribution in [-0.2, 0) is 22.4 Å². The van der Waals surface area contributed by atoms with E-state index in [0.717, 1.165) is 36.1 Å².